The average Bonchev–Trinajstić information content (AvgIpc) is 2.85. The van der Waals surface area contributed by atoms with Crippen LogP contribution in [0.2, 0.25) is 0 Å². The maximum Gasteiger partial charge on any atom is 0.410 e. The van der Waals surface area contributed by atoms with Crippen LogP contribution in [-0.2, 0) is 4.74 Å². The third-order valence-electron chi connectivity index (χ3n) is 3.01. The highest BCUT2D eigenvalue weighted by Crippen LogP contribution is 2.32. The monoisotopic (exact) mass is 299 g/mol. The molecule has 0 aliphatic carbocycles. The van der Waals surface area contributed by atoms with Gasteiger partial charge in [-0.15, -0.1) is 10.2 Å². The Bertz CT molecular complexity index is 470. The molecule has 1 aromatic heterocycles. The van der Waals surface area contributed by atoms with Gasteiger partial charge in [0, 0.05) is 6.54 Å². The number of rotatable bonds is 2. The lowest BCUT2D eigenvalue weighted by Crippen LogP contribution is -2.42. The van der Waals surface area contributed by atoms with Crippen LogP contribution in [-0.4, -0.2) is 39.6 Å². The summed E-state index contributed by atoms with van der Waals surface area (Å²) in [4.78, 5) is 14.0. The lowest BCUT2D eigenvalue weighted by atomic mass is 10.0. The Balaban J connectivity index is 2.14. The third kappa shape index (κ3) is 3.65. The molecule has 2 rings (SSSR count). The van der Waals surface area contributed by atoms with E-state index in [1.54, 1.807) is 4.90 Å². The fraction of sp³-hybridized carbons (Fsp3) is 0.769. The predicted octanol–water partition coefficient (Wildman–Crippen LogP) is 3.25. The zero-order chi connectivity index (χ0) is 14.8. The Labute approximate surface area is 123 Å². The Kier molecular flexibility index (Phi) is 4.57. The molecule has 0 spiro atoms. The standard InChI is InChI=1S/C13H21N3O3S/c1-13(2,3)19-12(17)16-8-6-5-7-9(16)10-14-15-11(18-10)20-4/h9H,5-8H2,1-4H3. The number of piperidine rings is 1. The van der Waals surface area contributed by atoms with Crippen molar-refractivity contribution >= 4 is 17.9 Å². The van der Waals surface area contributed by atoms with Crippen molar-refractivity contribution in [2.24, 2.45) is 0 Å². The molecule has 112 valence electrons. The van der Waals surface area contributed by atoms with E-state index in [9.17, 15) is 4.79 Å². The molecule has 1 aliphatic rings. The highest BCUT2D eigenvalue weighted by Gasteiger charge is 2.34. The van der Waals surface area contributed by atoms with Gasteiger partial charge in [-0.3, -0.25) is 4.90 Å². The van der Waals surface area contributed by atoms with Gasteiger partial charge in [-0.05, 0) is 46.3 Å². The van der Waals surface area contributed by atoms with Crippen molar-refractivity contribution in [2.45, 2.75) is 56.9 Å². The number of hydrogen-bond acceptors (Lipinski definition) is 6. The van der Waals surface area contributed by atoms with Crippen LogP contribution in [0.3, 0.4) is 0 Å². The summed E-state index contributed by atoms with van der Waals surface area (Å²) in [5.74, 6) is 0.500. The van der Waals surface area contributed by atoms with Gasteiger partial charge in [0.15, 0.2) is 0 Å². The van der Waals surface area contributed by atoms with Crippen molar-refractivity contribution in [2.75, 3.05) is 12.8 Å². The first-order chi connectivity index (χ1) is 9.40. The number of nitrogens with zero attached hydrogens (tertiary/aromatic N) is 3. The van der Waals surface area contributed by atoms with Crippen LogP contribution in [0.25, 0.3) is 0 Å². The van der Waals surface area contributed by atoms with E-state index < -0.39 is 5.60 Å². The van der Waals surface area contributed by atoms with Crippen molar-refractivity contribution < 1.29 is 13.9 Å². The minimum Gasteiger partial charge on any atom is -0.444 e. The summed E-state index contributed by atoms with van der Waals surface area (Å²) in [6.45, 7) is 6.25. The molecule has 0 bridgehead atoms. The molecule has 7 heteroatoms. The first kappa shape index (κ1) is 15.2. The van der Waals surface area contributed by atoms with E-state index in [4.69, 9.17) is 9.15 Å². The molecule has 20 heavy (non-hydrogen) atoms. The zero-order valence-corrected chi connectivity index (χ0v) is 13.2. The van der Waals surface area contributed by atoms with Crippen molar-refractivity contribution in [1.82, 2.24) is 15.1 Å². The maximum atomic E-state index is 12.3. The summed E-state index contributed by atoms with van der Waals surface area (Å²) < 4.78 is 11.0. The van der Waals surface area contributed by atoms with E-state index in [-0.39, 0.29) is 12.1 Å². The number of amides is 1. The molecule has 0 aromatic carbocycles. The van der Waals surface area contributed by atoms with Gasteiger partial charge in [0.25, 0.3) is 5.22 Å². The van der Waals surface area contributed by atoms with Gasteiger partial charge < -0.3 is 9.15 Å². The highest BCUT2D eigenvalue weighted by atomic mass is 32.2. The van der Waals surface area contributed by atoms with Crippen molar-refractivity contribution in [3.8, 4) is 0 Å². The van der Waals surface area contributed by atoms with E-state index in [0.717, 1.165) is 19.3 Å². The normalized spacial score (nSPS) is 20.0. The largest absolute Gasteiger partial charge is 0.444 e. The van der Waals surface area contributed by atoms with Crippen LogP contribution >= 0.6 is 11.8 Å². The lowest BCUT2D eigenvalue weighted by Gasteiger charge is -2.34. The minimum absolute atomic E-state index is 0.174. The summed E-state index contributed by atoms with van der Waals surface area (Å²) in [5, 5.41) is 8.52. The molecule has 1 fully saturated rings. The number of thioether (sulfide) groups is 1. The Morgan fingerprint density at radius 1 is 1.40 bits per heavy atom. The maximum absolute atomic E-state index is 12.3. The summed E-state index contributed by atoms with van der Waals surface area (Å²) >= 11 is 1.40. The zero-order valence-electron chi connectivity index (χ0n) is 12.4. The van der Waals surface area contributed by atoms with Gasteiger partial charge >= 0.3 is 6.09 Å². The number of carbonyl (C=O) groups excluding carboxylic acids is 1. The molecule has 1 unspecified atom stereocenters. The fourth-order valence-corrected chi connectivity index (χ4v) is 2.46. The molecule has 1 aromatic rings. The minimum atomic E-state index is -0.502. The van der Waals surface area contributed by atoms with Crippen LogP contribution in [0, 0.1) is 0 Å². The molecule has 0 N–H and O–H groups in total. The van der Waals surface area contributed by atoms with Crippen molar-refractivity contribution in [3.63, 3.8) is 0 Å². The molecule has 1 atom stereocenters. The number of likely N-dealkylation sites (tertiary alicyclic amines) is 1. The molecular formula is C13H21N3O3S. The van der Waals surface area contributed by atoms with Crippen LogP contribution in [0.1, 0.15) is 52.0 Å². The SMILES string of the molecule is CSc1nnc(C2CCCCN2C(=O)OC(C)(C)C)o1. The van der Waals surface area contributed by atoms with E-state index in [1.807, 2.05) is 27.0 Å². The van der Waals surface area contributed by atoms with Gasteiger partial charge in [0.05, 0.1) is 0 Å². The lowest BCUT2D eigenvalue weighted by molar-refractivity contribution is 0.00569. The molecule has 0 saturated carbocycles. The third-order valence-corrected chi connectivity index (χ3v) is 3.53. The summed E-state index contributed by atoms with van der Waals surface area (Å²) in [6.07, 6.45) is 4.41. The van der Waals surface area contributed by atoms with Gasteiger partial charge in [0.1, 0.15) is 11.6 Å². The molecule has 2 heterocycles. The smallest absolute Gasteiger partial charge is 0.410 e. The molecule has 6 nitrogen and oxygen atoms in total. The number of hydrogen-bond donors (Lipinski definition) is 0. The molecule has 1 saturated heterocycles. The summed E-state index contributed by atoms with van der Waals surface area (Å²) in [7, 11) is 0. The number of carbonyl (C=O) groups is 1. The second-order valence-electron chi connectivity index (χ2n) is 5.80. The summed E-state index contributed by atoms with van der Waals surface area (Å²) in [5.41, 5.74) is -0.502. The molecule has 1 aliphatic heterocycles. The van der Waals surface area contributed by atoms with Crippen molar-refractivity contribution in [1.29, 1.82) is 0 Å². The van der Waals surface area contributed by atoms with E-state index in [2.05, 4.69) is 10.2 Å². The average molecular weight is 299 g/mol. The van der Waals surface area contributed by atoms with E-state index >= 15 is 0 Å². The first-order valence-electron chi connectivity index (χ1n) is 6.78. The van der Waals surface area contributed by atoms with Crippen molar-refractivity contribution in [3.05, 3.63) is 5.89 Å². The highest BCUT2D eigenvalue weighted by molar-refractivity contribution is 7.98. The van der Waals surface area contributed by atoms with Gasteiger partial charge in [0.2, 0.25) is 5.89 Å². The summed E-state index contributed by atoms with van der Waals surface area (Å²) in [6, 6.07) is -0.174. The van der Waals surface area contributed by atoms with E-state index in [1.165, 1.54) is 11.8 Å². The van der Waals surface area contributed by atoms with Crippen LogP contribution in [0.4, 0.5) is 4.79 Å². The predicted molar refractivity (Wildman–Crippen MR) is 75.6 cm³/mol. The second-order valence-corrected chi connectivity index (χ2v) is 6.55. The fourth-order valence-electron chi connectivity index (χ4n) is 2.16. The van der Waals surface area contributed by atoms with E-state index in [0.29, 0.717) is 17.7 Å². The molecule has 0 radical (unpaired) electrons. The molecular weight excluding hydrogens is 278 g/mol. The number of aromatic nitrogens is 2. The second kappa shape index (κ2) is 6.03. The Morgan fingerprint density at radius 2 is 2.15 bits per heavy atom. The van der Waals surface area contributed by atoms with Crippen LogP contribution < -0.4 is 0 Å². The van der Waals surface area contributed by atoms with Gasteiger partial charge in [-0.2, -0.15) is 0 Å². The first-order valence-corrected chi connectivity index (χ1v) is 8.00. The Morgan fingerprint density at radius 3 is 2.75 bits per heavy atom. The Hall–Kier alpha value is -1.24. The quantitative estimate of drug-likeness (QED) is 0.781. The van der Waals surface area contributed by atoms with Crippen LogP contribution in [0.15, 0.2) is 9.64 Å². The van der Waals surface area contributed by atoms with Crippen LogP contribution in [0.5, 0.6) is 0 Å². The molecule has 1 amide bonds. The van der Waals surface area contributed by atoms with Gasteiger partial charge in [-0.25, -0.2) is 4.79 Å². The van der Waals surface area contributed by atoms with Gasteiger partial charge in [-0.1, -0.05) is 11.8 Å². The number of ether oxygens (including phenoxy) is 1. The topological polar surface area (TPSA) is 68.5 Å².